The molecule has 2 fully saturated rings. The van der Waals surface area contributed by atoms with Gasteiger partial charge in [0.05, 0.1) is 5.56 Å². The molecule has 1 amide bonds. The summed E-state index contributed by atoms with van der Waals surface area (Å²) >= 11 is 0. The number of hydrogen-bond donors (Lipinski definition) is 1. The lowest BCUT2D eigenvalue weighted by Crippen LogP contribution is -2.42. The molecule has 1 aliphatic carbocycles. The molecule has 3 nitrogen and oxygen atoms in total. The fourth-order valence-corrected chi connectivity index (χ4v) is 4.03. The second kappa shape index (κ2) is 5.70. The number of likely N-dealkylation sites (tertiary alicyclic amines) is 1. The predicted octanol–water partition coefficient (Wildman–Crippen LogP) is 3.83. The maximum atomic E-state index is 12.8. The first-order valence-electron chi connectivity index (χ1n) is 8.21. The second-order valence-electron chi connectivity index (χ2n) is 6.80. The second-order valence-corrected chi connectivity index (χ2v) is 6.80. The normalized spacial score (nSPS) is 20.8. The number of hydrogen-bond acceptors (Lipinski definition) is 2. The van der Waals surface area contributed by atoms with E-state index in [1.165, 1.54) is 44.1 Å². The molecule has 0 aromatic heterocycles. The van der Waals surface area contributed by atoms with Gasteiger partial charge in [0.1, 0.15) is 0 Å². The highest BCUT2D eigenvalue weighted by Gasteiger charge is 2.38. The van der Waals surface area contributed by atoms with E-state index in [4.69, 9.17) is 0 Å². The van der Waals surface area contributed by atoms with Crippen molar-refractivity contribution >= 4 is 11.6 Å². The number of carbonyl (C=O) groups is 1. The minimum absolute atomic E-state index is 0.187. The summed E-state index contributed by atoms with van der Waals surface area (Å²) in [5.74, 6) is 0.187. The predicted molar refractivity (Wildman–Crippen MR) is 86.8 cm³/mol. The molecular weight excluding hydrogens is 260 g/mol. The van der Waals surface area contributed by atoms with Gasteiger partial charge in [-0.15, -0.1) is 0 Å². The molecule has 0 atom stereocenters. The largest absolute Gasteiger partial charge is 0.387 e. The van der Waals surface area contributed by atoms with Crippen LogP contribution in [0.2, 0.25) is 0 Å². The third-order valence-corrected chi connectivity index (χ3v) is 5.45. The van der Waals surface area contributed by atoms with Gasteiger partial charge < -0.3 is 10.2 Å². The van der Waals surface area contributed by atoms with E-state index in [1.807, 2.05) is 19.2 Å². The van der Waals surface area contributed by atoms with Gasteiger partial charge in [0, 0.05) is 25.8 Å². The summed E-state index contributed by atoms with van der Waals surface area (Å²) < 4.78 is 0. The van der Waals surface area contributed by atoms with Crippen molar-refractivity contribution in [2.24, 2.45) is 5.41 Å². The smallest absolute Gasteiger partial charge is 0.255 e. The van der Waals surface area contributed by atoms with Crippen molar-refractivity contribution in [1.29, 1.82) is 0 Å². The summed E-state index contributed by atoms with van der Waals surface area (Å²) in [6, 6.07) is 6.04. The molecule has 1 aromatic rings. The molecule has 0 unspecified atom stereocenters. The Kier molecular flexibility index (Phi) is 3.92. The van der Waals surface area contributed by atoms with Crippen molar-refractivity contribution in [1.82, 2.24) is 4.90 Å². The summed E-state index contributed by atoms with van der Waals surface area (Å²) in [6.45, 7) is 3.91. The van der Waals surface area contributed by atoms with Crippen LogP contribution in [0.5, 0.6) is 0 Å². The number of piperidine rings is 1. The van der Waals surface area contributed by atoms with Crippen molar-refractivity contribution in [2.75, 3.05) is 25.5 Å². The van der Waals surface area contributed by atoms with Crippen LogP contribution in [0, 0.1) is 12.3 Å². The lowest BCUT2D eigenvalue weighted by molar-refractivity contribution is 0.0588. The SMILES string of the molecule is CNc1cc(C)ccc1C(=O)N1CCC2(CCCC2)CC1. The molecule has 0 bridgehead atoms. The molecule has 1 saturated carbocycles. The quantitative estimate of drug-likeness (QED) is 0.896. The zero-order chi connectivity index (χ0) is 14.9. The monoisotopic (exact) mass is 286 g/mol. The Labute approximate surface area is 127 Å². The number of nitrogens with zero attached hydrogens (tertiary/aromatic N) is 1. The van der Waals surface area contributed by atoms with E-state index in [9.17, 15) is 4.79 Å². The average molecular weight is 286 g/mol. The van der Waals surface area contributed by atoms with E-state index in [1.54, 1.807) is 0 Å². The van der Waals surface area contributed by atoms with Crippen LogP contribution in [0.4, 0.5) is 5.69 Å². The Morgan fingerprint density at radius 2 is 1.81 bits per heavy atom. The summed E-state index contributed by atoms with van der Waals surface area (Å²) in [7, 11) is 1.88. The highest BCUT2D eigenvalue weighted by atomic mass is 16.2. The van der Waals surface area contributed by atoms with Gasteiger partial charge in [-0.2, -0.15) is 0 Å². The summed E-state index contributed by atoms with van der Waals surface area (Å²) in [5.41, 5.74) is 3.50. The highest BCUT2D eigenvalue weighted by Crippen LogP contribution is 2.46. The fourth-order valence-electron chi connectivity index (χ4n) is 4.03. The number of rotatable bonds is 2. The molecule has 1 aromatic carbocycles. The first-order chi connectivity index (χ1) is 10.1. The Morgan fingerprint density at radius 1 is 1.14 bits per heavy atom. The Morgan fingerprint density at radius 3 is 2.43 bits per heavy atom. The van der Waals surface area contributed by atoms with Crippen molar-refractivity contribution < 1.29 is 4.79 Å². The Hall–Kier alpha value is -1.51. The van der Waals surface area contributed by atoms with Gasteiger partial charge in [-0.1, -0.05) is 18.9 Å². The Balaban J connectivity index is 1.72. The van der Waals surface area contributed by atoms with Gasteiger partial charge >= 0.3 is 0 Å². The number of aryl methyl sites for hydroxylation is 1. The molecule has 1 N–H and O–H groups in total. The van der Waals surface area contributed by atoms with Gasteiger partial charge in [-0.05, 0) is 55.7 Å². The van der Waals surface area contributed by atoms with E-state index in [0.29, 0.717) is 5.41 Å². The standard InChI is InChI=1S/C18H26N2O/c1-14-5-6-15(16(13-14)19-2)17(21)20-11-9-18(10-12-20)7-3-4-8-18/h5-6,13,19H,3-4,7-12H2,1-2H3. The lowest BCUT2D eigenvalue weighted by Gasteiger charge is -2.39. The van der Waals surface area contributed by atoms with Crippen molar-refractivity contribution in [3.8, 4) is 0 Å². The van der Waals surface area contributed by atoms with Crippen LogP contribution in [0.25, 0.3) is 0 Å². The molecule has 21 heavy (non-hydrogen) atoms. The van der Waals surface area contributed by atoms with Crippen LogP contribution in [-0.4, -0.2) is 30.9 Å². The van der Waals surface area contributed by atoms with E-state index >= 15 is 0 Å². The van der Waals surface area contributed by atoms with Crippen LogP contribution < -0.4 is 5.32 Å². The first-order valence-corrected chi connectivity index (χ1v) is 8.21. The number of nitrogens with one attached hydrogen (secondary N) is 1. The van der Waals surface area contributed by atoms with E-state index in [2.05, 4.69) is 23.2 Å². The van der Waals surface area contributed by atoms with Gasteiger partial charge in [0.15, 0.2) is 0 Å². The molecular formula is C18H26N2O. The minimum atomic E-state index is 0.187. The summed E-state index contributed by atoms with van der Waals surface area (Å²) in [5, 5.41) is 3.16. The third kappa shape index (κ3) is 2.78. The summed E-state index contributed by atoms with van der Waals surface area (Å²) in [4.78, 5) is 14.8. The maximum absolute atomic E-state index is 12.8. The van der Waals surface area contributed by atoms with Gasteiger partial charge in [-0.3, -0.25) is 4.79 Å². The third-order valence-electron chi connectivity index (χ3n) is 5.45. The molecule has 0 radical (unpaired) electrons. The van der Waals surface area contributed by atoms with Crippen molar-refractivity contribution in [2.45, 2.75) is 45.4 Å². The minimum Gasteiger partial charge on any atom is -0.387 e. The average Bonchev–Trinajstić information content (AvgIpc) is 2.95. The van der Waals surface area contributed by atoms with Crippen molar-refractivity contribution in [3.05, 3.63) is 29.3 Å². The van der Waals surface area contributed by atoms with E-state index in [0.717, 1.165) is 24.3 Å². The number of anilines is 1. The molecule has 1 aliphatic heterocycles. The Bertz CT molecular complexity index is 522. The van der Waals surface area contributed by atoms with E-state index < -0.39 is 0 Å². The van der Waals surface area contributed by atoms with Crippen LogP contribution in [-0.2, 0) is 0 Å². The zero-order valence-corrected chi connectivity index (χ0v) is 13.2. The number of benzene rings is 1. The molecule has 1 spiro atoms. The van der Waals surface area contributed by atoms with Crippen LogP contribution in [0.3, 0.4) is 0 Å². The fraction of sp³-hybridized carbons (Fsp3) is 0.611. The van der Waals surface area contributed by atoms with Crippen LogP contribution in [0.15, 0.2) is 18.2 Å². The molecule has 2 aliphatic rings. The molecule has 114 valence electrons. The molecule has 1 saturated heterocycles. The number of amides is 1. The molecule has 3 rings (SSSR count). The molecule has 1 heterocycles. The highest BCUT2D eigenvalue weighted by molar-refractivity contribution is 5.99. The van der Waals surface area contributed by atoms with Crippen molar-refractivity contribution in [3.63, 3.8) is 0 Å². The van der Waals surface area contributed by atoms with Crippen LogP contribution >= 0.6 is 0 Å². The maximum Gasteiger partial charge on any atom is 0.255 e. The van der Waals surface area contributed by atoms with Gasteiger partial charge in [-0.25, -0.2) is 0 Å². The zero-order valence-electron chi connectivity index (χ0n) is 13.2. The van der Waals surface area contributed by atoms with Gasteiger partial charge in [0.25, 0.3) is 5.91 Å². The number of carbonyl (C=O) groups excluding carboxylic acids is 1. The lowest BCUT2D eigenvalue weighted by atomic mass is 9.77. The first kappa shape index (κ1) is 14.4. The van der Waals surface area contributed by atoms with Gasteiger partial charge in [0.2, 0.25) is 0 Å². The molecule has 3 heteroatoms. The summed E-state index contributed by atoms with van der Waals surface area (Å²) in [6.07, 6.45) is 7.91. The van der Waals surface area contributed by atoms with Crippen LogP contribution in [0.1, 0.15) is 54.4 Å². The van der Waals surface area contributed by atoms with E-state index in [-0.39, 0.29) is 5.91 Å². The topological polar surface area (TPSA) is 32.3 Å².